The number of fused-ring (bicyclic) bond motifs is 2. The van der Waals surface area contributed by atoms with E-state index in [1.807, 2.05) is 30.0 Å². The molecule has 45 heavy (non-hydrogen) atoms. The first-order chi connectivity index (χ1) is 21.6. The summed E-state index contributed by atoms with van der Waals surface area (Å²) in [6.07, 6.45) is -2.33. The van der Waals surface area contributed by atoms with Crippen LogP contribution in [-0.4, -0.2) is 75.1 Å². The fourth-order valence-electron chi connectivity index (χ4n) is 6.25. The van der Waals surface area contributed by atoms with Gasteiger partial charge in [0.25, 0.3) is 0 Å². The van der Waals surface area contributed by atoms with Gasteiger partial charge in [0.15, 0.2) is 0 Å². The maximum Gasteiger partial charge on any atom is 0.416 e. The van der Waals surface area contributed by atoms with Crippen LogP contribution in [0.3, 0.4) is 0 Å². The summed E-state index contributed by atoms with van der Waals surface area (Å²) in [5, 5.41) is 12.9. The van der Waals surface area contributed by atoms with Gasteiger partial charge in [-0.05, 0) is 73.0 Å². The van der Waals surface area contributed by atoms with E-state index in [0.29, 0.717) is 48.9 Å². The number of anilines is 1. The van der Waals surface area contributed by atoms with Gasteiger partial charge < -0.3 is 29.9 Å². The number of amides is 2. The number of benzene rings is 2. The number of nitrogens with one attached hydrogen (secondary N) is 2. The molecule has 0 unspecified atom stereocenters. The molecule has 2 aromatic carbocycles. The number of aromatic nitrogens is 2. The zero-order chi connectivity index (χ0) is 31.7. The first-order valence-electron chi connectivity index (χ1n) is 15.2. The molecule has 2 aromatic heterocycles. The number of pyridine rings is 1. The molecule has 0 radical (unpaired) electrons. The summed E-state index contributed by atoms with van der Waals surface area (Å²) in [6, 6.07) is 12.5. The van der Waals surface area contributed by atoms with Gasteiger partial charge in [0, 0.05) is 56.8 Å². The van der Waals surface area contributed by atoms with E-state index in [9.17, 15) is 23.1 Å². The van der Waals surface area contributed by atoms with Crippen LogP contribution >= 0.6 is 0 Å². The molecule has 4 aromatic rings. The van der Waals surface area contributed by atoms with E-state index in [2.05, 4.69) is 27.1 Å². The Morgan fingerprint density at radius 3 is 2.58 bits per heavy atom. The summed E-state index contributed by atoms with van der Waals surface area (Å²) in [7, 11) is 0. The van der Waals surface area contributed by atoms with Gasteiger partial charge in [-0.15, -0.1) is 0 Å². The molecule has 6 rings (SSSR count). The van der Waals surface area contributed by atoms with Gasteiger partial charge in [-0.1, -0.05) is 19.1 Å². The van der Waals surface area contributed by atoms with Gasteiger partial charge in [0.2, 0.25) is 0 Å². The molecule has 0 spiro atoms. The molecule has 0 bridgehead atoms. The zero-order valence-electron chi connectivity index (χ0n) is 25.3. The lowest BCUT2D eigenvalue weighted by atomic mass is 9.93. The predicted molar refractivity (Wildman–Crippen MR) is 165 cm³/mol. The quantitative estimate of drug-likeness (QED) is 0.229. The molecule has 12 heteroatoms. The van der Waals surface area contributed by atoms with E-state index in [-0.39, 0.29) is 30.4 Å². The van der Waals surface area contributed by atoms with E-state index >= 15 is 0 Å². The van der Waals surface area contributed by atoms with Gasteiger partial charge in [0.05, 0.1) is 23.6 Å². The van der Waals surface area contributed by atoms with Crippen molar-refractivity contribution in [2.24, 2.45) is 0 Å². The highest BCUT2D eigenvalue weighted by atomic mass is 19.4. The molecule has 2 aliphatic rings. The van der Waals surface area contributed by atoms with Gasteiger partial charge >= 0.3 is 12.2 Å². The molecule has 1 fully saturated rings. The lowest BCUT2D eigenvalue weighted by Crippen LogP contribution is -2.45. The van der Waals surface area contributed by atoms with E-state index in [4.69, 9.17) is 4.74 Å². The van der Waals surface area contributed by atoms with E-state index < -0.39 is 17.8 Å². The van der Waals surface area contributed by atoms with Crippen molar-refractivity contribution >= 4 is 22.8 Å². The van der Waals surface area contributed by atoms with Crippen LogP contribution in [0.15, 0.2) is 54.7 Å². The van der Waals surface area contributed by atoms with Crippen molar-refractivity contribution in [2.45, 2.75) is 45.6 Å². The second-order valence-corrected chi connectivity index (χ2v) is 11.6. The number of aromatic amines is 1. The van der Waals surface area contributed by atoms with Crippen molar-refractivity contribution in [3.63, 3.8) is 0 Å². The van der Waals surface area contributed by atoms with Crippen molar-refractivity contribution in [3.8, 4) is 11.5 Å². The average Bonchev–Trinajstić information content (AvgIpc) is 3.47. The summed E-state index contributed by atoms with van der Waals surface area (Å²) < 4.78 is 48.6. The number of halogens is 3. The number of carbonyl (C=O) groups is 1. The predicted octanol–water partition coefficient (Wildman–Crippen LogP) is 6.16. The van der Waals surface area contributed by atoms with Gasteiger partial charge in [-0.3, -0.25) is 4.90 Å². The second-order valence-electron chi connectivity index (χ2n) is 11.6. The van der Waals surface area contributed by atoms with Crippen LogP contribution in [0.4, 0.5) is 23.7 Å². The molecule has 1 atom stereocenters. The standard InChI is InChI=1S/C33H37F3N6O3/c1-3-40-12-14-41(15-13-40)19-23-4-6-24(17-29(23)33(34,35)36)39-32(44)42-11-9-22-5-7-26(18-27(22)21(42)2)45-30-8-10-37-31-28(30)16-25(20-43)38-31/h4-8,10,16-18,21,43H,3,9,11-15,19-20H2,1-2H3,(H,37,38)(H,39,44)/t21-/m0/s1. The summed E-state index contributed by atoms with van der Waals surface area (Å²) in [5.74, 6) is 1.14. The number of urea groups is 1. The number of ether oxygens (including phenoxy) is 1. The maximum absolute atomic E-state index is 14.1. The van der Waals surface area contributed by atoms with Crippen LogP contribution in [0.2, 0.25) is 0 Å². The van der Waals surface area contributed by atoms with Gasteiger partial charge in [0.1, 0.15) is 17.1 Å². The largest absolute Gasteiger partial charge is 0.457 e. The Bertz CT molecular complexity index is 1680. The Hall–Kier alpha value is -4.13. The number of rotatable bonds is 7. The molecule has 1 saturated heterocycles. The van der Waals surface area contributed by atoms with Crippen molar-refractivity contribution in [2.75, 3.05) is 44.6 Å². The van der Waals surface area contributed by atoms with Crippen LogP contribution in [0.1, 0.15) is 47.8 Å². The minimum atomic E-state index is -4.55. The SMILES string of the molecule is CCN1CCN(Cc2ccc(NC(=O)N3CCc4ccc(Oc5ccnc6[nH]c(CO)cc56)cc4[C@@H]3C)cc2C(F)(F)F)CC1. The number of aliphatic hydroxyl groups excluding tert-OH is 1. The number of hydrogen-bond acceptors (Lipinski definition) is 6. The van der Waals surface area contributed by atoms with Crippen molar-refractivity contribution < 1.29 is 27.8 Å². The van der Waals surface area contributed by atoms with Crippen molar-refractivity contribution in [1.29, 1.82) is 0 Å². The van der Waals surface area contributed by atoms with Crippen molar-refractivity contribution in [3.05, 3.63) is 82.7 Å². The minimum Gasteiger partial charge on any atom is -0.457 e. The molecule has 4 heterocycles. The van der Waals surface area contributed by atoms with E-state index in [0.717, 1.165) is 42.2 Å². The fraction of sp³-hybridized carbons (Fsp3) is 0.394. The monoisotopic (exact) mass is 622 g/mol. The number of alkyl halides is 3. The van der Waals surface area contributed by atoms with Crippen molar-refractivity contribution in [1.82, 2.24) is 24.7 Å². The first-order valence-corrected chi connectivity index (χ1v) is 15.2. The molecule has 9 nitrogen and oxygen atoms in total. The van der Waals surface area contributed by atoms with E-state index in [1.165, 1.54) is 6.07 Å². The summed E-state index contributed by atoms with van der Waals surface area (Å²) >= 11 is 0. The highest BCUT2D eigenvalue weighted by Crippen LogP contribution is 2.37. The first kappa shape index (κ1) is 30.9. The zero-order valence-corrected chi connectivity index (χ0v) is 25.3. The third-order valence-corrected chi connectivity index (χ3v) is 8.84. The number of H-pyrrole nitrogens is 1. The van der Waals surface area contributed by atoms with Gasteiger partial charge in [-0.25, -0.2) is 9.78 Å². The molecule has 2 aliphatic heterocycles. The number of aliphatic hydroxyl groups is 1. The minimum absolute atomic E-state index is 0.109. The smallest absolute Gasteiger partial charge is 0.416 e. The third kappa shape index (κ3) is 6.63. The molecule has 0 saturated carbocycles. The summed E-state index contributed by atoms with van der Waals surface area (Å²) in [6.45, 7) is 8.50. The Morgan fingerprint density at radius 1 is 1.07 bits per heavy atom. The summed E-state index contributed by atoms with van der Waals surface area (Å²) in [5.41, 5.74) is 2.79. The van der Waals surface area contributed by atoms with Crippen LogP contribution in [-0.2, 0) is 25.7 Å². The Labute approximate surface area is 259 Å². The molecule has 3 N–H and O–H groups in total. The fourth-order valence-corrected chi connectivity index (χ4v) is 6.25. The Kier molecular flexibility index (Phi) is 8.71. The molecular weight excluding hydrogens is 585 g/mol. The Balaban J connectivity index is 1.16. The maximum atomic E-state index is 14.1. The Morgan fingerprint density at radius 2 is 1.84 bits per heavy atom. The normalized spacial score (nSPS) is 17.8. The van der Waals surface area contributed by atoms with Crippen LogP contribution in [0.5, 0.6) is 11.5 Å². The number of nitrogens with zero attached hydrogens (tertiary/aromatic N) is 4. The summed E-state index contributed by atoms with van der Waals surface area (Å²) in [4.78, 5) is 26.7. The number of likely N-dealkylation sites (N-methyl/N-ethyl adjacent to an activating group) is 1. The van der Waals surface area contributed by atoms with Gasteiger partial charge in [-0.2, -0.15) is 13.2 Å². The lowest BCUT2D eigenvalue weighted by Gasteiger charge is -2.35. The molecule has 0 aliphatic carbocycles. The molecule has 238 valence electrons. The van der Waals surface area contributed by atoms with Crippen LogP contribution in [0.25, 0.3) is 11.0 Å². The lowest BCUT2D eigenvalue weighted by molar-refractivity contribution is -0.138. The third-order valence-electron chi connectivity index (χ3n) is 8.84. The van der Waals surface area contributed by atoms with E-state index in [1.54, 1.807) is 29.3 Å². The number of hydrogen-bond donors (Lipinski definition) is 3. The second kappa shape index (κ2) is 12.7. The molecular formula is C33H37F3N6O3. The molecule has 2 amide bonds. The number of carbonyl (C=O) groups excluding carboxylic acids is 1. The van der Waals surface area contributed by atoms with Crippen LogP contribution < -0.4 is 10.1 Å². The number of piperazine rings is 1. The topological polar surface area (TPSA) is 97.0 Å². The average molecular weight is 623 g/mol. The highest BCUT2D eigenvalue weighted by Gasteiger charge is 2.35. The van der Waals surface area contributed by atoms with Crippen LogP contribution in [0, 0.1) is 0 Å². The highest BCUT2D eigenvalue weighted by molar-refractivity contribution is 5.90.